The van der Waals surface area contributed by atoms with Crippen LogP contribution in [0.4, 0.5) is 4.79 Å². The number of aryl methyl sites for hydroxylation is 1. The van der Waals surface area contributed by atoms with E-state index >= 15 is 0 Å². The maximum Gasteiger partial charge on any atom is 0.317 e. The van der Waals surface area contributed by atoms with Crippen molar-refractivity contribution < 1.29 is 9.53 Å². The maximum atomic E-state index is 12.7. The number of nitrogens with one attached hydrogen (secondary N) is 1. The molecule has 2 amide bonds. The smallest absolute Gasteiger partial charge is 0.317 e. The molecule has 1 saturated carbocycles. The van der Waals surface area contributed by atoms with E-state index in [9.17, 15) is 4.79 Å². The van der Waals surface area contributed by atoms with Gasteiger partial charge in [-0.05, 0) is 44.7 Å². The molecule has 1 saturated heterocycles. The summed E-state index contributed by atoms with van der Waals surface area (Å²) in [5.74, 6) is 1.03. The Kier molecular flexibility index (Phi) is 5.62. The van der Waals surface area contributed by atoms with Crippen LogP contribution in [0.1, 0.15) is 37.2 Å². The monoisotopic (exact) mass is 383 g/mol. The molecule has 7 heteroatoms. The van der Waals surface area contributed by atoms with Crippen molar-refractivity contribution >= 4 is 6.03 Å². The minimum atomic E-state index is 0.0276. The fourth-order valence-corrected chi connectivity index (χ4v) is 3.82. The van der Waals surface area contributed by atoms with Gasteiger partial charge in [-0.1, -0.05) is 6.07 Å². The summed E-state index contributed by atoms with van der Waals surface area (Å²) in [4.78, 5) is 23.2. The molecule has 1 aliphatic carbocycles. The molecule has 7 nitrogen and oxygen atoms in total. The van der Waals surface area contributed by atoms with E-state index in [2.05, 4.69) is 19.9 Å². The number of urea groups is 1. The van der Waals surface area contributed by atoms with Crippen LogP contribution < -0.4 is 5.32 Å². The second-order valence-corrected chi connectivity index (χ2v) is 8.10. The second kappa shape index (κ2) is 8.31. The number of hydrogen-bond acceptors (Lipinski definition) is 4. The van der Waals surface area contributed by atoms with E-state index in [1.54, 1.807) is 6.20 Å². The summed E-state index contributed by atoms with van der Waals surface area (Å²) >= 11 is 0. The minimum absolute atomic E-state index is 0.0276. The van der Waals surface area contributed by atoms with Gasteiger partial charge < -0.3 is 19.5 Å². The molecule has 28 heavy (non-hydrogen) atoms. The van der Waals surface area contributed by atoms with Crippen LogP contribution in [-0.2, 0) is 17.9 Å². The van der Waals surface area contributed by atoms with E-state index in [-0.39, 0.29) is 17.6 Å². The van der Waals surface area contributed by atoms with Crippen LogP contribution in [0.3, 0.4) is 0 Å². The zero-order valence-electron chi connectivity index (χ0n) is 16.5. The molecule has 0 radical (unpaired) electrons. The van der Waals surface area contributed by atoms with E-state index in [0.717, 1.165) is 56.8 Å². The lowest BCUT2D eigenvalue weighted by molar-refractivity contribution is -0.00176. The predicted octanol–water partition coefficient (Wildman–Crippen LogP) is 2.76. The number of pyridine rings is 1. The number of amides is 2. The number of aromatic nitrogens is 3. The number of imidazole rings is 1. The van der Waals surface area contributed by atoms with E-state index in [0.29, 0.717) is 13.2 Å². The van der Waals surface area contributed by atoms with Crippen LogP contribution in [0.2, 0.25) is 0 Å². The molecule has 0 unspecified atom stereocenters. The number of likely N-dealkylation sites (tertiary alicyclic amines) is 1. The first-order valence-electron chi connectivity index (χ1n) is 10.2. The zero-order valence-corrected chi connectivity index (χ0v) is 16.5. The summed E-state index contributed by atoms with van der Waals surface area (Å²) in [6.07, 6.45) is 9.97. The average Bonchev–Trinajstić information content (AvgIpc) is 3.39. The molecule has 2 aromatic rings. The first-order chi connectivity index (χ1) is 13.6. The lowest BCUT2D eigenvalue weighted by atomic mass is 10.1. The second-order valence-electron chi connectivity index (χ2n) is 8.10. The van der Waals surface area contributed by atoms with E-state index in [1.165, 1.54) is 0 Å². The van der Waals surface area contributed by atoms with Crippen LogP contribution in [0, 0.1) is 12.3 Å². The Hall–Kier alpha value is -2.41. The molecule has 1 N–H and O–H groups in total. The minimum Gasteiger partial charge on any atom is -0.370 e. The van der Waals surface area contributed by atoms with Crippen molar-refractivity contribution in [2.45, 2.75) is 51.9 Å². The summed E-state index contributed by atoms with van der Waals surface area (Å²) < 4.78 is 8.18. The Labute approximate surface area is 166 Å². The van der Waals surface area contributed by atoms with Crippen molar-refractivity contribution in [3.63, 3.8) is 0 Å². The Bertz CT molecular complexity index is 787. The van der Waals surface area contributed by atoms with Gasteiger partial charge >= 0.3 is 6.03 Å². The van der Waals surface area contributed by atoms with Crippen molar-refractivity contribution in [3.8, 4) is 0 Å². The summed E-state index contributed by atoms with van der Waals surface area (Å²) in [6, 6.07) is 5.85. The van der Waals surface area contributed by atoms with Crippen LogP contribution >= 0.6 is 0 Å². The molecule has 1 atom stereocenters. The van der Waals surface area contributed by atoms with Gasteiger partial charge in [-0.25, -0.2) is 9.78 Å². The molecular weight excluding hydrogens is 354 g/mol. The average molecular weight is 383 g/mol. The predicted molar refractivity (Wildman–Crippen MR) is 106 cm³/mol. The van der Waals surface area contributed by atoms with Gasteiger partial charge in [-0.15, -0.1) is 0 Å². The van der Waals surface area contributed by atoms with Crippen molar-refractivity contribution in [2.24, 2.45) is 5.41 Å². The largest absolute Gasteiger partial charge is 0.370 e. The quantitative estimate of drug-likeness (QED) is 0.798. The lowest BCUT2D eigenvalue weighted by Crippen LogP contribution is -2.49. The highest BCUT2D eigenvalue weighted by molar-refractivity contribution is 5.74. The SMILES string of the molecule is Cc1nccn1CC1(CNC(=O)N2CCC[C@H](OCc3ccccn3)C2)CC1. The fourth-order valence-electron chi connectivity index (χ4n) is 3.82. The van der Waals surface area contributed by atoms with Gasteiger partial charge in [0.05, 0.1) is 18.4 Å². The topological polar surface area (TPSA) is 72.3 Å². The zero-order chi connectivity index (χ0) is 19.4. The molecule has 0 bridgehead atoms. The first-order valence-corrected chi connectivity index (χ1v) is 10.2. The van der Waals surface area contributed by atoms with Gasteiger partial charge in [0.2, 0.25) is 0 Å². The third-order valence-corrected chi connectivity index (χ3v) is 5.86. The van der Waals surface area contributed by atoms with Crippen LogP contribution in [0.15, 0.2) is 36.8 Å². The number of carbonyl (C=O) groups excluding carboxylic acids is 1. The van der Waals surface area contributed by atoms with Crippen LogP contribution in [-0.4, -0.2) is 51.2 Å². The standard InChI is InChI=1S/C21H29N5O2/c1-17-22-10-12-26(17)16-21(7-8-21)15-24-20(27)25-11-4-6-19(13-25)28-14-18-5-2-3-9-23-18/h2-3,5,9-10,12,19H,4,6-8,11,13-16H2,1H3,(H,24,27)/t19-/m0/s1. The molecule has 150 valence electrons. The summed E-state index contributed by atoms with van der Waals surface area (Å²) in [6.45, 7) is 5.60. The third kappa shape index (κ3) is 4.70. The number of rotatable bonds is 7. The Morgan fingerprint density at radius 3 is 2.93 bits per heavy atom. The molecule has 1 aliphatic heterocycles. The molecule has 2 aromatic heterocycles. The number of nitrogens with zero attached hydrogens (tertiary/aromatic N) is 4. The number of carbonyl (C=O) groups is 1. The van der Waals surface area contributed by atoms with Gasteiger partial charge in [-0.3, -0.25) is 4.98 Å². The third-order valence-electron chi connectivity index (χ3n) is 5.86. The summed E-state index contributed by atoms with van der Waals surface area (Å²) in [5.41, 5.74) is 1.11. The Morgan fingerprint density at radius 2 is 2.21 bits per heavy atom. The normalized spacial score (nSPS) is 20.8. The van der Waals surface area contributed by atoms with Crippen molar-refractivity contribution in [1.82, 2.24) is 24.8 Å². The highest BCUT2D eigenvalue weighted by Crippen LogP contribution is 2.46. The Balaban J connectivity index is 1.23. The molecule has 0 aromatic carbocycles. The molecule has 3 heterocycles. The van der Waals surface area contributed by atoms with Crippen molar-refractivity contribution in [2.75, 3.05) is 19.6 Å². The number of hydrogen-bond donors (Lipinski definition) is 1. The molecule has 2 fully saturated rings. The highest BCUT2D eigenvalue weighted by atomic mass is 16.5. The van der Waals surface area contributed by atoms with Gasteiger partial charge in [0, 0.05) is 50.2 Å². The van der Waals surface area contributed by atoms with Gasteiger partial charge in [0.25, 0.3) is 0 Å². The summed E-state index contributed by atoms with van der Waals surface area (Å²) in [7, 11) is 0. The van der Waals surface area contributed by atoms with E-state index in [1.807, 2.05) is 42.4 Å². The van der Waals surface area contributed by atoms with E-state index in [4.69, 9.17) is 4.74 Å². The molecule has 4 rings (SSSR count). The lowest BCUT2D eigenvalue weighted by Gasteiger charge is -2.33. The number of ether oxygens (including phenoxy) is 1. The van der Waals surface area contributed by atoms with Crippen LogP contribution in [0.5, 0.6) is 0 Å². The van der Waals surface area contributed by atoms with Crippen LogP contribution in [0.25, 0.3) is 0 Å². The fraction of sp³-hybridized carbons (Fsp3) is 0.571. The molecular formula is C21H29N5O2. The first kappa shape index (κ1) is 18.9. The molecule has 2 aliphatic rings. The van der Waals surface area contributed by atoms with Gasteiger partial charge in [-0.2, -0.15) is 0 Å². The maximum absolute atomic E-state index is 12.7. The number of piperidine rings is 1. The summed E-state index contributed by atoms with van der Waals surface area (Å²) in [5, 5.41) is 3.17. The highest BCUT2D eigenvalue weighted by Gasteiger charge is 2.43. The van der Waals surface area contributed by atoms with Gasteiger partial charge in [0.15, 0.2) is 0 Å². The van der Waals surface area contributed by atoms with Gasteiger partial charge in [0.1, 0.15) is 5.82 Å². The Morgan fingerprint density at radius 1 is 1.32 bits per heavy atom. The molecule has 0 spiro atoms. The van der Waals surface area contributed by atoms with Crippen molar-refractivity contribution in [1.29, 1.82) is 0 Å². The van der Waals surface area contributed by atoms with Crippen molar-refractivity contribution in [3.05, 3.63) is 48.3 Å². The van der Waals surface area contributed by atoms with E-state index < -0.39 is 0 Å².